The molecular weight excluding hydrogens is 270 g/mol. The van der Waals surface area contributed by atoms with Crippen molar-refractivity contribution < 1.29 is 14.3 Å². The number of methoxy groups -OCH3 is 1. The predicted molar refractivity (Wildman–Crippen MR) is 79.2 cm³/mol. The van der Waals surface area contributed by atoms with E-state index in [0.717, 1.165) is 25.9 Å². The Morgan fingerprint density at radius 3 is 2.95 bits per heavy atom. The second-order valence-electron chi connectivity index (χ2n) is 5.44. The van der Waals surface area contributed by atoms with Gasteiger partial charge >= 0.3 is 0 Å². The Kier molecular flexibility index (Phi) is 5.95. The van der Waals surface area contributed by atoms with Crippen LogP contribution in [0.4, 0.5) is 0 Å². The Morgan fingerprint density at radius 2 is 2.29 bits per heavy atom. The van der Waals surface area contributed by atoms with Crippen molar-refractivity contribution in [2.45, 2.75) is 12.8 Å². The number of aromatic nitrogens is 1. The maximum Gasteiger partial charge on any atom is 0.257 e. The van der Waals surface area contributed by atoms with E-state index in [1.54, 1.807) is 31.6 Å². The topological polar surface area (TPSA) is 72.5 Å². The van der Waals surface area contributed by atoms with Crippen LogP contribution in [0, 0.1) is 5.41 Å². The fourth-order valence-electron chi connectivity index (χ4n) is 2.55. The minimum absolute atomic E-state index is 0.00695. The first-order valence-electron chi connectivity index (χ1n) is 7.23. The van der Waals surface area contributed by atoms with E-state index in [0.29, 0.717) is 18.9 Å². The van der Waals surface area contributed by atoms with Crippen LogP contribution in [0.3, 0.4) is 0 Å². The van der Waals surface area contributed by atoms with Crippen molar-refractivity contribution in [1.82, 2.24) is 15.6 Å². The molecule has 2 rings (SSSR count). The van der Waals surface area contributed by atoms with Gasteiger partial charge in [-0.05, 0) is 38.1 Å². The molecule has 1 saturated heterocycles. The van der Waals surface area contributed by atoms with E-state index in [1.165, 1.54) is 0 Å². The molecule has 0 aliphatic carbocycles. The summed E-state index contributed by atoms with van der Waals surface area (Å²) in [6, 6.07) is 3.55. The highest BCUT2D eigenvalue weighted by atomic mass is 16.5. The zero-order chi connectivity index (χ0) is 15.0. The Balaban J connectivity index is 1.76. The van der Waals surface area contributed by atoms with Crippen molar-refractivity contribution in [3.8, 4) is 5.75 Å². The third kappa shape index (κ3) is 4.99. The summed E-state index contributed by atoms with van der Waals surface area (Å²) < 4.78 is 10.7. The standard InChI is InChI=1S/C15H23N3O3/c1-20-12-15(4-7-16-8-5-15)11-18-14(19)10-21-13-3-2-6-17-9-13/h2-3,6,9,16H,4-5,7-8,10-12H2,1H3,(H,18,19). The average Bonchev–Trinajstić information content (AvgIpc) is 2.53. The molecule has 1 aliphatic rings. The van der Waals surface area contributed by atoms with Crippen LogP contribution in [0.5, 0.6) is 5.75 Å². The molecule has 0 unspecified atom stereocenters. The molecule has 2 N–H and O–H groups in total. The monoisotopic (exact) mass is 293 g/mol. The van der Waals surface area contributed by atoms with Crippen molar-refractivity contribution in [2.75, 3.05) is 40.0 Å². The fraction of sp³-hybridized carbons (Fsp3) is 0.600. The van der Waals surface area contributed by atoms with E-state index in [1.807, 2.05) is 0 Å². The number of nitrogens with one attached hydrogen (secondary N) is 2. The van der Waals surface area contributed by atoms with E-state index in [9.17, 15) is 4.79 Å². The summed E-state index contributed by atoms with van der Waals surface area (Å²) >= 11 is 0. The van der Waals surface area contributed by atoms with Crippen LogP contribution in [0.2, 0.25) is 0 Å². The number of rotatable bonds is 7. The summed E-state index contributed by atoms with van der Waals surface area (Å²) in [6.07, 6.45) is 5.26. The van der Waals surface area contributed by atoms with Crippen molar-refractivity contribution in [3.05, 3.63) is 24.5 Å². The van der Waals surface area contributed by atoms with E-state index in [2.05, 4.69) is 15.6 Å². The molecule has 116 valence electrons. The van der Waals surface area contributed by atoms with Crippen LogP contribution in [0.1, 0.15) is 12.8 Å². The Labute approximate surface area is 125 Å². The number of hydrogen-bond acceptors (Lipinski definition) is 5. The van der Waals surface area contributed by atoms with E-state index in [4.69, 9.17) is 9.47 Å². The van der Waals surface area contributed by atoms with Crippen LogP contribution in [0.25, 0.3) is 0 Å². The van der Waals surface area contributed by atoms with Gasteiger partial charge in [-0.3, -0.25) is 9.78 Å². The first kappa shape index (κ1) is 15.7. The number of piperidine rings is 1. The number of carbonyl (C=O) groups is 1. The molecule has 0 bridgehead atoms. The van der Waals surface area contributed by atoms with Gasteiger partial charge in [0, 0.05) is 25.3 Å². The van der Waals surface area contributed by atoms with Crippen LogP contribution < -0.4 is 15.4 Å². The van der Waals surface area contributed by atoms with Crippen molar-refractivity contribution >= 4 is 5.91 Å². The quantitative estimate of drug-likeness (QED) is 0.770. The number of ether oxygens (including phenoxy) is 2. The summed E-state index contributed by atoms with van der Waals surface area (Å²) in [5.74, 6) is 0.481. The first-order chi connectivity index (χ1) is 10.2. The largest absolute Gasteiger partial charge is 0.482 e. The molecular formula is C15H23N3O3. The molecule has 1 fully saturated rings. The summed E-state index contributed by atoms with van der Waals surface area (Å²) in [5.41, 5.74) is 0.0317. The van der Waals surface area contributed by atoms with Gasteiger partial charge in [-0.15, -0.1) is 0 Å². The third-order valence-corrected chi connectivity index (χ3v) is 3.78. The van der Waals surface area contributed by atoms with Gasteiger partial charge < -0.3 is 20.1 Å². The lowest BCUT2D eigenvalue weighted by molar-refractivity contribution is -0.124. The molecule has 21 heavy (non-hydrogen) atoms. The number of amides is 1. The van der Waals surface area contributed by atoms with Crippen molar-refractivity contribution in [2.24, 2.45) is 5.41 Å². The van der Waals surface area contributed by atoms with Crippen LogP contribution >= 0.6 is 0 Å². The van der Waals surface area contributed by atoms with Gasteiger partial charge in [-0.2, -0.15) is 0 Å². The first-order valence-corrected chi connectivity index (χ1v) is 7.23. The fourth-order valence-corrected chi connectivity index (χ4v) is 2.55. The number of nitrogens with zero attached hydrogens (tertiary/aromatic N) is 1. The van der Waals surface area contributed by atoms with Gasteiger partial charge in [-0.1, -0.05) is 0 Å². The normalized spacial score (nSPS) is 17.2. The van der Waals surface area contributed by atoms with Crippen molar-refractivity contribution in [1.29, 1.82) is 0 Å². The zero-order valence-electron chi connectivity index (χ0n) is 12.4. The highest BCUT2D eigenvalue weighted by Gasteiger charge is 2.32. The van der Waals surface area contributed by atoms with E-state index in [-0.39, 0.29) is 17.9 Å². The Bertz CT molecular complexity index is 428. The zero-order valence-corrected chi connectivity index (χ0v) is 12.4. The number of carbonyl (C=O) groups excluding carboxylic acids is 1. The minimum atomic E-state index is -0.118. The summed E-state index contributed by atoms with van der Waals surface area (Å²) in [5, 5.41) is 6.29. The molecule has 1 amide bonds. The molecule has 1 aromatic rings. The van der Waals surface area contributed by atoms with Crippen molar-refractivity contribution in [3.63, 3.8) is 0 Å². The van der Waals surface area contributed by atoms with Gasteiger partial charge in [0.1, 0.15) is 5.75 Å². The minimum Gasteiger partial charge on any atom is -0.482 e. The van der Waals surface area contributed by atoms with Gasteiger partial charge in [0.25, 0.3) is 5.91 Å². The van der Waals surface area contributed by atoms with Gasteiger partial charge in [0.05, 0.1) is 12.8 Å². The SMILES string of the molecule is COCC1(CNC(=O)COc2cccnc2)CCNCC1. The molecule has 6 nitrogen and oxygen atoms in total. The second kappa shape index (κ2) is 7.95. The van der Waals surface area contributed by atoms with Gasteiger partial charge in [0.15, 0.2) is 6.61 Å². The maximum absolute atomic E-state index is 11.9. The van der Waals surface area contributed by atoms with E-state index < -0.39 is 0 Å². The molecule has 1 aliphatic heterocycles. The van der Waals surface area contributed by atoms with Crippen LogP contribution in [-0.2, 0) is 9.53 Å². The molecule has 0 aromatic carbocycles. The molecule has 0 radical (unpaired) electrons. The third-order valence-electron chi connectivity index (χ3n) is 3.78. The van der Waals surface area contributed by atoms with Crippen LogP contribution in [-0.4, -0.2) is 50.8 Å². The number of pyridine rings is 1. The summed E-state index contributed by atoms with van der Waals surface area (Å²) in [7, 11) is 1.71. The Hall–Kier alpha value is -1.66. The van der Waals surface area contributed by atoms with Gasteiger partial charge in [0.2, 0.25) is 0 Å². The Morgan fingerprint density at radius 1 is 1.48 bits per heavy atom. The average molecular weight is 293 g/mol. The smallest absolute Gasteiger partial charge is 0.257 e. The molecule has 0 atom stereocenters. The highest BCUT2D eigenvalue weighted by Crippen LogP contribution is 2.28. The molecule has 2 heterocycles. The summed E-state index contributed by atoms with van der Waals surface area (Å²) in [6.45, 7) is 3.22. The lowest BCUT2D eigenvalue weighted by Crippen LogP contribution is -2.47. The summed E-state index contributed by atoms with van der Waals surface area (Å²) in [4.78, 5) is 15.8. The van der Waals surface area contributed by atoms with Crippen LogP contribution in [0.15, 0.2) is 24.5 Å². The van der Waals surface area contributed by atoms with Gasteiger partial charge in [-0.25, -0.2) is 0 Å². The maximum atomic E-state index is 11.9. The molecule has 0 saturated carbocycles. The molecule has 0 spiro atoms. The van der Waals surface area contributed by atoms with E-state index >= 15 is 0 Å². The predicted octanol–water partition coefficient (Wildman–Crippen LogP) is 0.593. The lowest BCUT2D eigenvalue weighted by Gasteiger charge is -2.37. The second-order valence-corrected chi connectivity index (χ2v) is 5.44. The number of hydrogen-bond donors (Lipinski definition) is 2. The molecule has 1 aromatic heterocycles. The highest BCUT2D eigenvalue weighted by molar-refractivity contribution is 5.77. The lowest BCUT2D eigenvalue weighted by atomic mass is 9.79. The molecule has 6 heteroatoms.